The molecule has 0 radical (unpaired) electrons. The first-order chi connectivity index (χ1) is 18.0. The van der Waals surface area contributed by atoms with Crippen molar-refractivity contribution in [3.05, 3.63) is 98.9 Å². The van der Waals surface area contributed by atoms with Gasteiger partial charge < -0.3 is 14.6 Å². The maximum absolute atomic E-state index is 13.9. The van der Waals surface area contributed by atoms with E-state index in [2.05, 4.69) is 22.5 Å². The Kier molecular flexibility index (Phi) is 5.72. The second-order valence-electron chi connectivity index (χ2n) is 9.30. The van der Waals surface area contributed by atoms with Gasteiger partial charge in [0, 0.05) is 23.3 Å². The van der Waals surface area contributed by atoms with E-state index in [-0.39, 0.29) is 23.2 Å². The first kappa shape index (κ1) is 23.3. The minimum Gasteiger partial charge on any atom is -0.495 e. The summed E-state index contributed by atoms with van der Waals surface area (Å²) in [6, 6.07) is 20.7. The molecule has 2 heterocycles. The van der Waals surface area contributed by atoms with Gasteiger partial charge in [0.05, 0.1) is 23.9 Å². The summed E-state index contributed by atoms with van der Waals surface area (Å²) in [7, 11) is 3.36. The molecule has 1 atom stereocenters. The van der Waals surface area contributed by atoms with Crippen molar-refractivity contribution in [2.45, 2.75) is 25.3 Å². The smallest absolute Gasteiger partial charge is 0.296 e. The first-order valence-corrected chi connectivity index (χ1v) is 12.6. The van der Waals surface area contributed by atoms with Gasteiger partial charge in [0.2, 0.25) is 0 Å². The van der Waals surface area contributed by atoms with Crippen LogP contribution in [0.5, 0.6) is 5.75 Å². The van der Waals surface area contributed by atoms with E-state index in [1.165, 1.54) is 17.4 Å². The number of aromatic nitrogens is 3. The van der Waals surface area contributed by atoms with E-state index < -0.39 is 0 Å². The number of benzene rings is 3. The third kappa shape index (κ3) is 3.78. The lowest BCUT2D eigenvalue weighted by molar-refractivity contribution is 0.0928. The van der Waals surface area contributed by atoms with E-state index in [0.29, 0.717) is 27.4 Å². The molecule has 37 heavy (non-hydrogen) atoms. The molecule has 0 fully saturated rings. The zero-order valence-corrected chi connectivity index (χ0v) is 21.2. The summed E-state index contributed by atoms with van der Waals surface area (Å²) in [4.78, 5) is 27.7. The lowest BCUT2D eigenvalue weighted by Crippen LogP contribution is -2.34. The number of hydrogen-bond donors (Lipinski definition) is 1. The van der Waals surface area contributed by atoms with Crippen LogP contribution in [0.15, 0.2) is 71.5 Å². The molecular weight excluding hydrogens is 488 g/mol. The lowest BCUT2D eigenvalue weighted by atomic mass is 9.87. The normalized spacial score (nSPS) is 15.1. The first-order valence-electron chi connectivity index (χ1n) is 12.2. The van der Waals surface area contributed by atoms with Gasteiger partial charge in [-0.1, -0.05) is 54.1 Å². The van der Waals surface area contributed by atoms with Crippen LogP contribution in [0.1, 0.15) is 40.5 Å². The Morgan fingerprint density at radius 3 is 2.70 bits per heavy atom. The van der Waals surface area contributed by atoms with Crippen molar-refractivity contribution >= 4 is 39.3 Å². The minimum absolute atomic E-state index is 0.125. The van der Waals surface area contributed by atoms with Crippen LogP contribution in [0.3, 0.4) is 0 Å². The molecule has 0 bridgehead atoms. The number of carbonyl (C=O) groups excluding carboxylic acids is 1. The average molecular weight is 513 g/mol. The van der Waals surface area contributed by atoms with Gasteiger partial charge in [0.25, 0.3) is 11.5 Å². The summed E-state index contributed by atoms with van der Waals surface area (Å²) in [6.07, 6.45) is 2.83. The van der Waals surface area contributed by atoms with Crippen LogP contribution >= 0.6 is 11.6 Å². The van der Waals surface area contributed by atoms with E-state index >= 15 is 0 Å². The highest BCUT2D eigenvalue weighted by atomic mass is 35.5. The Morgan fingerprint density at radius 1 is 1.11 bits per heavy atom. The quantitative estimate of drug-likeness (QED) is 0.352. The van der Waals surface area contributed by atoms with Gasteiger partial charge >= 0.3 is 0 Å². The number of methoxy groups -OCH3 is 1. The average Bonchev–Trinajstić information content (AvgIpc) is 3.22. The topological polar surface area (TPSA) is 78.2 Å². The second kappa shape index (κ2) is 9.09. The van der Waals surface area contributed by atoms with Gasteiger partial charge in [-0.3, -0.25) is 9.59 Å². The molecule has 1 aliphatic rings. The third-order valence-corrected chi connectivity index (χ3v) is 7.50. The number of carbonyl (C=O) groups is 1. The van der Waals surface area contributed by atoms with Crippen LogP contribution in [-0.4, -0.2) is 27.4 Å². The van der Waals surface area contributed by atoms with Gasteiger partial charge in [-0.15, -0.1) is 0 Å². The summed E-state index contributed by atoms with van der Waals surface area (Å²) < 4.78 is 8.33. The maximum atomic E-state index is 13.9. The fraction of sp³-hybridized carbons (Fsp3) is 0.207. The number of halogens is 1. The fourth-order valence-corrected chi connectivity index (χ4v) is 5.68. The van der Waals surface area contributed by atoms with E-state index in [1.54, 1.807) is 18.2 Å². The summed E-state index contributed by atoms with van der Waals surface area (Å²) in [5, 5.41) is 9.53. The number of aryl methyl sites for hydroxylation is 2. The van der Waals surface area contributed by atoms with Gasteiger partial charge in [0.1, 0.15) is 11.3 Å². The highest BCUT2D eigenvalue weighted by Crippen LogP contribution is 2.32. The highest BCUT2D eigenvalue weighted by Gasteiger charge is 2.27. The van der Waals surface area contributed by atoms with E-state index in [9.17, 15) is 9.59 Å². The Morgan fingerprint density at radius 2 is 1.89 bits per heavy atom. The zero-order valence-electron chi connectivity index (χ0n) is 20.5. The van der Waals surface area contributed by atoms with Gasteiger partial charge in [-0.05, 0) is 54.7 Å². The molecule has 0 aliphatic heterocycles. The van der Waals surface area contributed by atoms with Gasteiger partial charge in [-0.25, -0.2) is 0 Å². The summed E-state index contributed by atoms with van der Waals surface area (Å²) >= 11 is 6.37. The summed E-state index contributed by atoms with van der Waals surface area (Å²) in [5.41, 5.74) is 3.93. The van der Waals surface area contributed by atoms with Gasteiger partial charge in [0.15, 0.2) is 5.69 Å². The molecule has 1 unspecified atom stereocenters. The van der Waals surface area contributed by atoms with Gasteiger partial charge in [-0.2, -0.15) is 9.78 Å². The van der Waals surface area contributed by atoms with Crippen LogP contribution < -0.4 is 15.6 Å². The summed E-state index contributed by atoms with van der Waals surface area (Å²) in [6.45, 7) is 0. The minimum atomic E-state index is -0.338. The number of fused-ring (bicyclic) bond motifs is 4. The van der Waals surface area contributed by atoms with Crippen LogP contribution in [0.2, 0.25) is 5.02 Å². The number of ether oxygens (including phenoxy) is 1. The Labute approximate surface area is 218 Å². The van der Waals surface area contributed by atoms with E-state index in [4.69, 9.17) is 16.3 Å². The third-order valence-electron chi connectivity index (χ3n) is 7.21. The number of amides is 1. The molecule has 2 aromatic heterocycles. The molecule has 0 saturated carbocycles. The Balaban J connectivity index is 1.56. The zero-order chi connectivity index (χ0) is 25.7. The molecule has 5 aromatic rings. The summed E-state index contributed by atoms with van der Waals surface area (Å²) in [5.74, 6) is 0.162. The van der Waals surface area contributed by atoms with Crippen molar-refractivity contribution < 1.29 is 9.53 Å². The molecule has 0 saturated heterocycles. The predicted molar refractivity (Wildman–Crippen MR) is 145 cm³/mol. The van der Waals surface area contributed by atoms with E-state index in [0.717, 1.165) is 35.7 Å². The number of nitrogens with one attached hydrogen (secondary N) is 1. The molecule has 1 amide bonds. The van der Waals surface area contributed by atoms with Crippen molar-refractivity contribution in [3.63, 3.8) is 0 Å². The lowest BCUT2D eigenvalue weighted by Gasteiger charge is -2.26. The molecule has 0 spiro atoms. The standard InChI is InChI=1S/C29H25ClN4O3/c1-33-23-13-6-5-11-20(23)25-26(28(35)31-22-12-7-9-17-8-3-4-10-19(17)22)32-34(29(36)27(25)33)18-14-15-24(37-2)21(30)16-18/h3-6,8,10-11,13-16,22H,7,9,12H2,1-2H3,(H,31,35). The van der Waals surface area contributed by atoms with Crippen molar-refractivity contribution in [3.8, 4) is 11.4 Å². The fourth-order valence-electron chi connectivity index (χ4n) is 5.43. The molecule has 7 nitrogen and oxygen atoms in total. The molecule has 3 aromatic carbocycles. The molecule has 1 aliphatic carbocycles. The van der Waals surface area contributed by atoms with E-state index in [1.807, 2.05) is 48.0 Å². The number of hydrogen-bond acceptors (Lipinski definition) is 4. The van der Waals surface area contributed by atoms with Crippen LogP contribution in [0.25, 0.3) is 27.5 Å². The number of nitrogens with zero attached hydrogens (tertiary/aromatic N) is 3. The largest absolute Gasteiger partial charge is 0.495 e. The predicted octanol–water partition coefficient (Wildman–Crippen LogP) is 5.35. The molecule has 8 heteroatoms. The van der Waals surface area contributed by atoms with Crippen molar-refractivity contribution in [2.75, 3.05) is 7.11 Å². The Hall–Kier alpha value is -4.10. The monoisotopic (exact) mass is 512 g/mol. The highest BCUT2D eigenvalue weighted by molar-refractivity contribution is 6.32. The van der Waals surface area contributed by atoms with Crippen LogP contribution in [-0.2, 0) is 13.5 Å². The molecule has 1 N–H and O–H groups in total. The SMILES string of the molecule is COc1ccc(-n2nc(C(=O)NC3CCCc4ccccc43)c3c4ccccc4n(C)c3c2=O)cc1Cl. The molecule has 6 rings (SSSR count). The maximum Gasteiger partial charge on any atom is 0.296 e. The second-order valence-corrected chi connectivity index (χ2v) is 9.71. The number of para-hydroxylation sites is 1. The van der Waals surface area contributed by atoms with Crippen molar-refractivity contribution in [1.82, 2.24) is 19.7 Å². The number of rotatable bonds is 4. The van der Waals surface area contributed by atoms with Crippen molar-refractivity contribution in [1.29, 1.82) is 0 Å². The molecular formula is C29H25ClN4O3. The Bertz CT molecular complexity index is 1750. The van der Waals surface area contributed by atoms with Crippen LogP contribution in [0.4, 0.5) is 0 Å². The molecule has 186 valence electrons. The van der Waals surface area contributed by atoms with Crippen molar-refractivity contribution in [2.24, 2.45) is 7.05 Å². The van der Waals surface area contributed by atoms with Crippen LogP contribution in [0, 0.1) is 0 Å².